The van der Waals surface area contributed by atoms with Crippen molar-refractivity contribution < 1.29 is 4.79 Å². The number of amides is 1. The Hall–Kier alpha value is -3.52. The number of rotatable bonds is 2. The quantitative estimate of drug-likeness (QED) is 0.500. The maximum atomic E-state index is 12.6. The summed E-state index contributed by atoms with van der Waals surface area (Å²) in [5.41, 5.74) is 11.6. The molecule has 4 heterocycles. The van der Waals surface area contributed by atoms with E-state index in [0.29, 0.717) is 24.4 Å². The van der Waals surface area contributed by atoms with Crippen LogP contribution in [0.5, 0.6) is 0 Å². The van der Waals surface area contributed by atoms with Gasteiger partial charge in [-0.15, -0.1) is 11.3 Å². The summed E-state index contributed by atoms with van der Waals surface area (Å²) < 4.78 is 1.26. The number of pyridine rings is 1. The molecule has 0 unspecified atom stereocenters. The lowest BCUT2D eigenvalue weighted by molar-refractivity contribution is -0.126. The molecule has 0 spiro atoms. The molecule has 1 aromatic carbocycles. The number of aromatic amines is 1. The third kappa shape index (κ3) is 4.17. The standard InChI is InChI=1S/C14H15N5O.C7H5NS/c15-7-10(11-3-1-2-5-16-11)14(20)19-6-4-12-13(8-19)18-9-17-12;1-2-4-7-6(3-1)8-5-9-7/h1-3,5,7,9H,4,6,8,15H2,(H,17,18);1-5H/b10-7+;. The number of nitrogens with zero attached hydrogens (tertiary/aromatic N) is 4. The van der Waals surface area contributed by atoms with Crippen molar-refractivity contribution in [2.24, 2.45) is 5.73 Å². The van der Waals surface area contributed by atoms with E-state index in [1.807, 2.05) is 29.8 Å². The zero-order valence-corrected chi connectivity index (χ0v) is 16.5. The fourth-order valence-electron chi connectivity index (χ4n) is 3.15. The summed E-state index contributed by atoms with van der Waals surface area (Å²) in [7, 11) is 0. The van der Waals surface area contributed by atoms with Crippen molar-refractivity contribution in [1.29, 1.82) is 0 Å². The summed E-state index contributed by atoms with van der Waals surface area (Å²) in [5, 5.41) is 0. The zero-order valence-electron chi connectivity index (χ0n) is 15.7. The molecular weight excluding hydrogens is 384 g/mol. The molecule has 29 heavy (non-hydrogen) atoms. The summed E-state index contributed by atoms with van der Waals surface area (Å²) in [6.07, 6.45) is 5.39. The van der Waals surface area contributed by atoms with Gasteiger partial charge in [-0.05, 0) is 24.3 Å². The Balaban J connectivity index is 0.000000188. The van der Waals surface area contributed by atoms with E-state index in [2.05, 4.69) is 26.0 Å². The van der Waals surface area contributed by atoms with Crippen molar-refractivity contribution >= 4 is 33.0 Å². The van der Waals surface area contributed by atoms with Gasteiger partial charge in [-0.25, -0.2) is 9.97 Å². The van der Waals surface area contributed by atoms with Crippen LogP contribution in [0.1, 0.15) is 17.1 Å². The summed E-state index contributed by atoms with van der Waals surface area (Å²) in [5.74, 6) is -0.105. The van der Waals surface area contributed by atoms with Crippen LogP contribution in [0.2, 0.25) is 0 Å². The number of aromatic nitrogens is 4. The first-order valence-corrected chi connectivity index (χ1v) is 10.1. The van der Waals surface area contributed by atoms with Gasteiger partial charge < -0.3 is 15.6 Å². The Bertz CT molecular complexity index is 1100. The number of carbonyl (C=O) groups is 1. The van der Waals surface area contributed by atoms with Crippen molar-refractivity contribution in [1.82, 2.24) is 24.8 Å². The van der Waals surface area contributed by atoms with E-state index in [4.69, 9.17) is 5.73 Å². The summed E-state index contributed by atoms with van der Waals surface area (Å²) in [6.45, 7) is 1.17. The van der Waals surface area contributed by atoms with Gasteiger partial charge in [0.2, 0.25) is 0 Å². The molecule has 0 fully saturated rings. The molecule has 0 radical (unpaired) electrons. The van der Waals surface area contributed by atoms with Crippen LogP contribution in [0, 0.1) is 0 Å². The Morgan fingerprint density at radius 3 is 2.79 bits per heavy atom. The summed E-state index contributed by atoms with van der Waals surface area (Å²) in [6, 6.07) is 13.5. The monoisotopic (exact) mass is 404 g/mol. The normalized spacial score (nSPS) is 13.5. The molecule has 0 aliphatic carbocycles. The molecule has 1 aliphatic rings. The fourth-order valence-corrected chi connectivity index (χ4v) is 3.83. The third-order valence-electron chi connectivity index (χ3n) is 4.64. The minimum Gasteiger partial charge on any atom is -0.404 e. The van der Waals surface area contributed by atoms with Gasteiger partial charge in [0.1, 0.15) is 0 Å². The fraction of sp³-hybridized carbons (Fsp3) is 0.143. The first-order valence-electron chi connectivity index (χ1n) is 9.18. The van der Waals surface area contributed by atoms with E-state index in [1.54, 1.807) is 40.9 Å². The van der Waals surface area contributed by atoms with Gasteiger partial charge in [0, 0.05) is 25.4 Å². The molecule has 146 valence electrons. The summed E-state index contributed by atoms with van der Waals surface area (Å²) >= 11 is 1.68. The van der Waals surface area contributed by atoms with Crippen molar-refractivity contribution in [3.05, 3.63) is 83.8 Å². The maximum absolute atomic E-state index is 12.6. The highest BCUT2D eigenvalue weighted by atomic mass is 32.1. The van der Waals surface area contributed by atoms with Crippen LogP contribution in [-0.4, -0.2) is 37.3 Å². The van der Waals surface area contributed by atoms with Crippen LogP contribution in [0.4, 0.5) is 0 Å². The number of para-hydroxylation sites is 1. The van der Waals surface area contributed by atoms with Crippen molar-refractivity contribution in [2.75, 3.05) is 6.54 Å². The third-order valence-corrected chi connectivity index (χ3v) is 5.45. The molecule has 1 amide bonds. The Morgan fingerprint density at radius 1 is 1.14 bits per heavy atom. The van der Waals surface area contributed by atoms with Gasteiger partial charge in [0.25, 0.3) is 5.91 Å². The van der Waals surface area contributed by atoms with Gasteiger partial charge in [-0.1, -0.05) is 18.2 Å². The molecule has 3 aromatic heterocycles. The highest BCUT2D eigenvalue weighted by molar-refractivity contribution is 7.16. The Kier molecular flexibility index (Phi) is 5.62. The molecule has 1 aliphatic heterocycles. The number of benzene rings is 1. The number of H-pyrrole nitrogens is 1. The Morgan fingerprint density at radius 2 is 2.00 bits per heavy atom. The number of carbonyl (C=O) groups excluding carboxylic acids is 1. The molecule has 5 rings (SSSR count). The smallest absolute Gasteiger partial charge is 0.257 e. The largest absolute Gasteiger partial charge is 0.404 e. The number of thiazole rings is 1. The zero-order chi connectivity index (χ0) is 20.1. The predicted octanol–water partition coefficient (Wildman–Crippen LogP) is 2.99. The van der Waals surface area contributed by atoms with E-state index in [-0.39, 0.29) is 5.91 Å². The lowest BCUT2D eigenvalue weighted by Crippen LogP contribution is -2.36. The number of nitrogens with one attached hydrogen (secondary N) is 1. The van der Waals surface area contributed by atoms with Crippen molar-refractivity contribution in [3.8, 4) is 0 Å². The maximum Gasteiger partial charge on any atom is 0.257 e. The van der Waals surface area contributed by atoms with Crippen molar-refractivity contribution in [3.63, 3.8) is 0 Å². The second-order valence-electron chi connectivity index (χ2n) is 6.42. The SMILES string of the molecule is N/C=C(/C(=O)N1CCc2nc[nH]c2C1)c1ccccn1.c1ccc2scnc2c1. The molecule has 0 atom stereocenters. The van der Waals surface area contributed by atoms with Crippen LogP contribution < -0.4 is 5.73 Å². The van der Waals surface area contributed by atoms with Crippen LogP contribution in [0.25, 0.3) is 15.8 Å². The molecule has 7 nitrogen and oxygen atoms in total. The average molecular weight is 404 g/mol. The summed E-state index contributed by atoms with van der Waals surface area (Å²) in [4.78, 5) is 29.9. The highest BCUT2D eigenvalue weighted by Gasteiger charge is 2.25. The van der Waals surface area contributed by atoms with Gasteiger partial charge in [0.15, 0.2) is 0 Å². The topological polar surface area (TPSA) is 101 Å². The molecule has 0 saturated heterocycles. The number of fused-ring (bicyclic) bond motifs is 2. The molecule has 0 bridgehead atoms. The number of hydrogen-bond acceptors (Lipinski definition) is 6. The molecule has 3 N–H and O–H groups in total. The van der Waals surface area contributed by atoms with E-state index in [0.717, 1.165) is 23.3 Å². The van der Waals surface area contributed by atoms with Gasteiger partial charge in [-0.2, -0.15) is 0 Å². The minimum atomic E-state index is -0.105. The number of hydrogen-bond donors (Lipinski definition) is 2. The van der Waals surface area contributed by atoms with Gasteiger partial charge in [0.05, 0.1) is 51.3 Å². The predicted molar refractivity (Wildman–Crippen MR) is 114 cm³/mol. The molecule has 0 saturated carbocycles. The highest BCUT2D eigenvalue weighted by Crippen LogP contribution is 2.20. The minimum absolute atomic E-state index is 0.105. The number of nitrogens with two attached hydrogens (primary N) is 1. The molecular formula is C21H20N6OS. The first-order chi connectivity index (χ1) is 14.3. The van der Waals surface area contributed by atoms with Crippen LogP contribution in [-0.2, 0) is 17.8 Å². The Labute approximate surface area is 171 Å². The molecule has 8 heteroatoms. The van der Waals surface area contributed by atoms with Crippen molar-refractivity contribution in [2.45, 2.75) is 13.0 Å². The second-order valence-corrected chi connectivity index (χ2v) is 7.31. The second kappa shape index (κ2) is 8.66. The molecule has 4 aromatic rings. The lowest BCUT2D eigenvalue weighted by atomic mass is 10.1. The van der Waals surface area contributed by atoms with Crippen LogP contribution >= 0.6 is 11.3 Å². The number of imidazole rings is 1. The van der Waals surface area contributed by atoms with E-state index in [9.17, 15) is 4.79 Å². The van der Waals surface area contributed by atoms with E-state index < -0.39 is 0 Å². The van der Waals surface area contributed by atoms with Gasteiger partial charge in [-0.3, -0.25) is 9.78 Å². The van der Waals surface area contributed by atoms with Crippen LogP contribution in [0.15, 0.2) is 66.7 Å². The lowest BCUT2D eigenvalue weighted by Gasteiger charge is -2.27. The first kappa shape index (κ1) is 18.8. The van der Waals surface area contributed by atoms with Crippen LogP contribution in [0.3, 0.4) is 0 Å². The van der Waals surface area contributed by atoms with Gasteiger partial charge >= 0.3 is 0 Å². The van der Waals surface area contributed by atoms with E-state index >= 15 is 0 Å². The van der Waals surface area contributed by atoms with E-state index in [1.165, 1.54) is 10.9 Å². The average Bonchev–Trinajstić information content (AvgIpc) is 3.44.